The topological polar surface area (TPSA) is 41.6 Å². The van der Waals surface area contributed by atoms with Crippen LogP contribution in [0.5, 0.6) is 0 Å². The highest BCUT2D eigenvalue weighted by atomic mass is 16.6. The van der Waals surface area contributed by atoms with E-state index in [9.17, 15) is 4.79 Å². The summed E-state index contributed by atoms with van der Waals surface area (Å²) in [6.45, 7) is 7.00. The summed E-state index contributed by atoms with van der Waals surface area (Å²) in [5, 5.41) is 3.60. The first kappa shape index (κ1) is 15.8. The van der Waals surface area contributed by atoms with Crippen LogP contribution < -0.4 is 5.32 Å². The molecule has 2 rings (SSSR count). The van der Waals surface area contributed by atoms with E-state index in [-0.39, 0.29) is 6.09 Å². The molecule has 1 saturated heterocycles. The summed E-state index contributed by atoms with van der Waals surface area (Å²) in [4.78, 5) is 13.4. The van der Waals surface area contributed by atoms with Gasteiger partial charge in [0.2, 0.25) is 0 Å². The van der Waals surface area contributed by atoms with E-state index in [4.69, 9.17) is 4.74 Å². The monoisotopic (exact) mass is 290 g/mol. The summed E-state index contributed by atoms with van der Waals surface area (Å²) < 4.78 is 5.03. The molecule has 0 atom stereocenters. The molecule has 1 aliphatic heterocycles. The van der Waals surface area contributed by atoms with Crippen LogP contribution in [0.15, 0.2) is 24.3 Å². The number of amides is 1. The van der Waals surface area contributed by atoms with Crippen molar-refractivity contribution in [2.75, 3.05) is 26.2 Å². The van der Waals surface area contributed by atoms with Gasteiger partial charge in [0, 0.05) is 19.1 Å². The van der Waals surface area contributed by atoms with Gasteiger partial charge in [0.25, 0.3) is 0 Å². The van der Waals surface area contributed by atoms with Crippen LogP contribution in [-0.4, -0.2) is 43.3 Å². The third-order valence-corrected chi connectivity index (χ3v) is 3.95. The lowest BCUT2D eigenvalue weighted by Crippen LogP contribution is -2.45. The Morgan fingerprint density at radius 1 is 1.38 bits per heavy atom. The SMILES string of the molecule is CCOC(=O)N1CCC(NCCc2cccc(C)c2)CC1. The standard InChI is InChI=1S/C17H26N2O2/c1-3-21-17(20)19-11-8-16(9-12-19)18-10-7-15-6-4-5-14(2)13-15/h4-6,13,16,18H,3,7-12H2,1-2H3. The third-order valence-electron chi connectivity index (χ3n) is 3.95. The molecule has 1 heterocycles. The van der Waals surface area contributed by atoms with E-state index in [1.54, 1.807) is 0 Å². The zero-order valence-electron chi connectivity index (χ0n) is 13.1. The molecule has 0 unspecified atom stereocenters. The van der Waals surface area contributed by atoms with Gasteiger partial charge >= 0.3 is 6.09 Å². The minimum Gasteiger partial charge on any atom is -0.450 e. The van der Waals surface area contributed by atoms with Gasteiger partial charge in [-0.3, -0.25) is 0 Å². The van der Waals surface area contributed by atoms with E-state index in [2.05, 4.69) is 36.5 Å². The number of carbonyl (C=O) groups excluding carboxylic acids is 1. The number of nitrogens with zero attached hydrogens (tertiary/aromatic N) is 1. The highest BCUT2D eigenvalue weighted by molar-refractivity contribution is 5.67. The van der Waals surface area contributed by atoms with Crippen molar-refractivity contribution in [1.29, 1.82) is 0 Å². The van der Waals surface area contributed by atoms with Crippen molar-refractivity contribution >= 4 is 6.09 Å². The molecule has 1 aliphatic rings. The fourth-order valence-corrected chi connectivity index (χ4v) is 2.77. The van der Waals surface area contributed by atoms with Crippen molar-refractivity contribution in [2.45, 2.75) is 39.2 Å². The molecule has 0 radical (unpaired) electrons. The Morgan fingerprint density at radius 2 is 2.14 bits per heavy atom. The van der Waals surface area contributed by atoms with Crippen molar-refractivity contribution in [1.82, 2.24) is 10.2 Å². The summed E-state index contributed by atoms with van der Waals surface area (Å²) in [5.74, 6) is 0. The molecule has 21 heavy (non-hydrogen) atoms. The quantitative estimate of drug-likeness (QED) is 0.906. The maximum absolute atomic E-state index is 11.6. The predicted molar refractivity (Wildman–Crippen MR) is 84.5 cm³/mol. The minimum atomic E-state index is -0.171. The number of piperidine rings is 1. The number of likely N-dealkylation sites (tertiary alicyclic amines) is 1. The van der Waals surface area contributed by atoms with Crippen LogP contribution in [0.3, 0.4) is 0 Å². The number of hydrogen-bond acceptors (Lipinski definition) is 3. The molecule has 1 amide bonds. The fourth-order valence-electron chi connectivity index (χ4n) is 2.77. The van der Waals surface area contributed by atoms with Crippen LogP contribution in [0.25, 0.3) is 0 Å². The molecule has 4 heteroatoms. The Balaban J connectivity index is 1.66. The first-order valence-electron chi connectivity index (χ1n) is 7.89. The van der Waals surface area contributed by atoms with Crippen LogP contribution in [0.1, 0.15) is 30.9 Å². The van der Waals surface area contributed by atoms with E-state index in [0.717, 1.165) is 38.9 Å². The van der Waals surface area contributed by atoms with Gasteiger partial charge in [-0.25, -0.2) is 4.79 Å². The summed E-state index contributed by atoms with van der Waals surface area (Å²) in [6.07, 6.45) is 2.90. The highest BCUT2D eigenvalue weighted by Gasteiger charge is 2.22. The van der Waals surface area contributed by atoms with Gasteiger partial charge in [-0.2, -0.15) is 0 Å². The summed E-state index contributed by atoms with van der Waals surface area (Å²) in [6, 6.07) is 9.17. The normalized spacial score (nSPS) is 16.0. The summed E-state index contributed by atoms with van der Waals surface area (Å²) in [5.41, 5.74) is 2.70. The van der Waals surface area contributed by atoms with E-state index in [0.29, 0.717) is 12.6 Å². The Labute approximate surface area is 127 Å². The summed E-state index contributed by atoms with van der Waals surface area (Å²) in [7, 11) is 0. The molecule has 1 aromatic rings. The molecule has 0 saturated carbocycles. The van der Waals surface area contributed by atoms with E-state index >= 15 is 0 Å². The second kappa shape index (κ2) is 8.03. The van der Waals surface area contributed by atoms with Crippen LogP contribution in [0, 0.1) is 6.92 Å². The second-order valence-corrected chi connectivity index (χ2v) is 5.65. The molecule has 4 nitrogen and oxygen atoms in total. The van der Waals surface area contributed by atoms with Gasteiger partial charge in [0.1, 0.15) is 0 Å². The van der Waals surface area contributed by atoms with Crippen molar-refractivity contribution in [3.63, 3.8) is 0 Å². The largest absolute Gasteiger partial charge is 0.450 e. The maximum atomic E-state index is 11.6. The molecule has 1 N–H and O–H groups in total. The molecular formula is C17H26N2O2. The average molecular weight is 290 g/mol. The molecule has 116 valence electrons. The first-order chi connectivity index (χ1) is 10.2. The molecule has 0 spiro atoms. The Hall–Kier alpha value is -1.55. The van der Waals surface area contributed by atoms with Gasteiger partial charge in [-0.05, 0) is 45.2 Å². The third kappa shape index (κ3) is 5.05. The molecule has 1 fully saturated rings. The molecule has 0 aliphatic carbocycles. The average Bonchev–Trinajstić information content (AvgIpc) is 2.48. The van der Waals surface area contributed by atoms with Crippen LogP contribution in [0.4, 0.5) is 4.79 Å². The smallest absolute Gasteiger partial charge is 0.409 e. The van der Waals surface area contributed by atoms with Crippen LogP contribution in [0.2, 0.25) is 0 Å². The van der Waals surface area contributed by atoms with Gasteiger partial charge in [-0.1, -0.05) is 29.8 Å². The predicted octanol–water partition coefficient (Wildman–Crippen LogP) is 2.75. The number of aryl methyl sites for hydroxylation is 1. The van der Waals surface area contributed by atoms with Crippen LogP contribution >= 0.6 is 0 Å². The molecule has 0 aromatic heterocycles. The highest BCUT2D eigenvalue weighted by Crippen LogP contribution is 2.12. The number of hydrogen-bond donors (Lipinski definition) is 1. The van der Waals surface area contributed by atoms with Crippen molar-refractivity contribution < 1.29 is 9.53 Å². The minimum absolute atomic E-state index is 0.171. The second-order valence-electron chi connectivity index (χ2n) is 5.65. The number of nitrogens with one attached hydrogen (secondary N) is 1. The Bertz CT molecular complexity index is 454. The molecular weight excluding hydrogens is 264 g/mol. The first-order valence-corrected chi connectivity index (χ1v) is 7.89. The zero-order chi connectivity index (χ0) is 15.1. The number of ether oxygens (including phenoxy) is 1. The number of benzene rings is 1. The van der Waals surface area contributed by atoms with Gasteiger partial charge in [0.05, 0.1) is 6.61 Å². The van der Waals surface area contributed by atoms with Crippen LogP contribution in [-0.2, 0) is 11.2 Å². The van der Waals surface area contributed by atoms with Gasteiger partial charge in [0.15, 0.2) is 0 Å². The maximum Gasteiger partial charge on any atom is 0.409 e. The van der Waals surface area contributed by atoms with Gasteiger partial charge < -0.3 is 15.0 Å². The van der Waals surface area contributed by atoms with Crippen molar-refractivity contribution in [3.05, 3.63) is 35.4 Å². The van der Waals surface area contributed by atoms with Crippen molar-refractivity contribution in [3.8, 4) is 0 Å². The lowest BCUT2D eigenvalue weighted by Gasteiger charge is -2.31. The fraction of sp³-hybridized carbons (Fsp3) is 0.588. The van der Waals surface area contributed by atoms with E-state index in [1.807, 2.05) is 11.8 Å². The van der Waals surface area contributed by atoms with Gasteiger partial charge in [-0.15, -0.1) is 0 Å². The zero-order valence-corrected chi connectivity index (χ0v) is 13.1. The Morgan fingerprint density at radius 3 is 2.81 bits per heavy atom. The number of carbonyl (C=O) groups is 1. The Kier molecular flexibility index (Phi) is 6.05. The van der Waals surface area contributed by atoms with Crippen molar-refractivity contribution in [2.24, 2.45) is 0 Å². The lowest BCUT2D eigenvalue weighted by molar-refractivity contribution is 0.0952. The summed E-state index contributed by atoms with van der Waals surface area (Å²) >= 11 is 0. The molecule has 1 aromatic carbocycles. The van der Waals surface area contributed by atoms with E-state index < -0.39 is 0 Å². The molecule has 0 bridgehead atoms. The lowest BCUT2D eigenvalue weighted by atomic mass is 10.0. The number of rotatable bonds is 5. The van der Waals surface area contributed by atoms with E-state index in [1.165, 1.54) is 11.1 Å².